The minimum absolute atomic E-state index is 0.186. The molecule has 0 saturated carbocycles. The van der Waals surface area contributed by atoms with Crippen LogP contribution in [0.15, 0.2) is 23.4 Å². The van der Waals surface area contributed by atoms with Crippen molar-refractivity contribution >= 4 is 35.0 Å². The molecule has 22 heavy (non-hydrogen) atoms. The minimum atomic E-state index is -0.366. The van der Waals surface area contributed by atoms with Gasteiger partial charge in [0.15, 0.2) is 0 Å². The Balaban J connectivity index is 1.99. The van der Waals surface area contributed by atoms with Gasteiger partial charge in [0.25, 0.3) is 0 Å². The zero-order valence-electron chi connectivity index (χ0n) is 12.1. The number of aromatic amines is 1. The lowest BCUT2D eigenvalue weighted by Crippen LogP contribution is -2.22. The van der Waals surface area contributed by atoms with Crippen molar-refractivity contribution in [3.05, 3.63) is 34.6 Å². The molecule has 2 N–H and O–H groups in total. The number of nitriles is 1. The number of carbonyl (C=O) groups is 1. The predicted octanol–water partition coefficient (Wildman–Crippen LogP) is 3.01. The molecule has 0 aliphatic heterocycles. The molecule has 0 saturated heterocycles. The van der Waals surface area contributed by atoms with Gasteiger partial charge in [-0.15, -0.1) is 5.10 Å². The molecule has 0 fully saturated rings. The van der Waals surface area contributed by atoms with Crippen molar-refractivity contribution in [3.8, 4) is 6.07 Å². The molecular weight excluding hydrogens is 322 g/mol. The third-order valence-corrected chi connectivity index (χ3v) is 4.13. The predicted molar refractivity (Wildman–Crippen MR) is 85.9 cm³/mol. The summed E-state index contributed by atoms with van der Waals surface area (Å²) in [4.78, 5) is 16.4. The molecule has 1 amide bonds. The van der Waals surface area contributed by atoms with Crippen LogP contribution in [0.25, 0.3) is 0 Å². The van der Waals surface area contributed by atoms with Crippen molar-refractivity contribution in [3.63, 3.8) is 0 Å². The fourth-order valence-corrected chi connectivity index (χ4v) is 2.59. The smallest absolute Gasteiger partial charge is 0.237 e. The van der Waals surface area contributed by atoms with Gasteiger partial charge in [-0.3, -0.25) is 9.89 Å². The molecule has 6 nitrogen and oxygen atoms in total. The first-order valence-corrected chi connectivity index (χ1v) is 7.87. The van der Waals surface area contributed by atoms with Crippen LogP contribution in [0.3, 0.4) is 0 Å². The second-order valence-corrected chi connectivity index (χ2v) is 6.19. The summed E-state index contributed by atoms with van der Waals surface area (Å²) in [6.45, 7) is 3.74. The van der Waals surface area contributed by atoms with E-state index in [9.17, 15) is 4.79 Å². The van der Waals surface area contributed by atoms with Gasteiger partial charge < -0.3 is 5.32 Å². The van der Waals surface area contributed by atoms with Crippen LogP contribution in [0.1, 0.15) is 25.2 Å². The Labute approximate surface area is 137 Å². The van der Waals surface area contributed by atoms with Crippen molar-refractivity contribution in [2.75, 3.05) is 5.32 Å². The molecule has 8 heteroatoms. The van der Waals surface area contributed by atoms with E-state index in [1.807, 2.05) is 13.0 Å². The number of amides is 1. The van der Waals surface area contributed by atoms with Gasteiger partial charge in [-0.1, -0.05) is 30.3 Å². The van der Waals surface area contributed by atoms with E-state index in [0.29, 0.717) is 21.4 Å². The first-order chi connectivity index (χ1) is 10.5. The Bertz CT molecular complexity index is 724. The number of benzene rings is 1. The van der Waals surface area contributed by atoms with Crippen LogP contribution < -0.4 is 5.32 Å². The fraction of sp³-hybridized carbons (Fsp3) is 0.286. The molecule has 1 heterocycles. The van der Waals surface area contributed by atoms with Gasteiger partial charge in [0, 0.05) is 12.1 Å². The zero-order valence-corrected chi connectivity index (χ0v) is 13.6. The summed E-state index contributed by atoms with van der Waals surface area (Å²) in [5, 5.41) is 18.9. The Morgan fingerprint density at radius 3 is 2.95 bits per heavy atom. The lowest BCUT2D eigenvalue weighted by atomic mass is 10.2. The SMILES string of the molecule is CCc1nc(S[C@H](C)C(=O)Nc2ccc(C#N)c(Cl)c2)n[nH]1. The van der Waals surface area contributed by atoms with Crippen LogP contribution in [0.2, 0.25) is 5.02 Å². The Morgan fingerprint density at radius 2 is 2.36 bits per heavy atom. The number of rotatable bonds is 5. The molecule has 0 radical (unpaired) electrons. The van der Waals surface area contributed by atoms with E-state index in [-0.39, 0.29) is 11.2 Å². The van der Waals surface area contributed by atoms with Gasteiger partial charge in [0.05, 0.1) is 15.8 Å². The lowest BCUT2D eigenvalue weighted by molar-refractivity contribution is -0.115. The molecule has 114 valence electrons. The Kier molecular flexibility index (Phi) is 5.41. The zero-order chi connectivity index (χ0) is 16.1. The average Bonchev–Trinajstić information content (AvgIpc) is 2.95. The number of halogens is 1. The molecule has 1 atom stereocenters. The maximum absolute atomic E-state index is 12.2. The third kappa shape index (κ3) is 4.00. The standard InChI is InChI=1S/C14H14ClN5OS/c1-3-12-18-14(20-19-12)22-8(2)13(21)17-10-5-4-9(7-16)11(15)6-10/h4-6,8H,3H2,1-2H3,(H,17,21)(H,18,19,20)/t8-/m1/s1. The number of aryl methyl sites for hydroxylation is 1. The number of hydrogen-bond acceptors (Lipinski definition) is 5. The summed E-state index contributed by atoms with van der Waals surface area (Å²) in [6, 6.07) is 6.73. The molecule has 0 spiro atoms. The van der Waals surface area contributed by atoms with E-state index in [4.69, 9.17) is 16.9 Å². The molecule has 2 aromatic rings. The van der Waals surface area contributed by atoms with Crippen LogP contribution in [-0.2, 0) is 11.2 Å². The molecule has 0 aliphatic carbocycles. The highest BCUT2D eigenvalue weighted by Gasteiger charge is 2.17. The van der Waals surface area contributed by atoms with Gasteiger partial charge >= 0.3 is 0 Å². The Hall–Kier alpha value is -2.04. The number of H-pyrrole nitrogens is 1. The third-order valence-electron chi connectivity index (χ3n) is 2.85. The van der Waals surface area contributed by atoms with E-state index in [2.05, 4.69) is 20.5 Å². The molecular formula is C14H14ClN5OS. The summed E-state index contributed by atoms with van der Waals surface area (Å²) in [5.74, 6) is 0.600. The van der Waals surface area contributed by atoms with E-state index < -0.39 is 0 Å². The second kappa shape index (κ2) is 7.29. The molecule has 2 rings (SSSR count). The van der Waals surface area contributed by atoms with Crippen LogP contribution in [-0.4, -0.2) is 26.3 Å². The topological polar surface area (TPSA) is 94.5 Å². The fourth-order valence-electron chi connectivity index (χ4n) is 1.63. The van der Waals surface area contributed by atoms with Gasteiger partial charge in [-0.25, -0.2) is 4.98 Å². The average molecular weight is 336 g/mol. The number of carbonyl (C=O) groups excluding carboxylic acids is 1. The maximum atomic E-state index is 12.2. The van der Waals surface area contributed by atoms with E-state index >= 15 is 0 Å². The van der Waals surface area contributed by atoms with Crippen LogP contribution >= 0.6 is 23.4 Å². The van der Waals surface area contributed by atoms with Crippen LogP contribution in [0.4, 0.5) is 5.69 Å². The number of hydrogen-bond donors (Lipinski definition) is 2. The summed E-state index contributed by atoms with van der Waals surface area (Å²) in [5.41, 5.74) is 0.917. The molecule has 1 aromatic heterocycles. The number of thioether (sulfide) groups is 1. The highest BCUT2D eigenvalue weighted by molar-refractivity contribution is 8.00. The van der Waals surface area contributed by atoms with Crippen molar-refractivity contribution in [1.29, 1.82) is 5.26 Å². The summed E-state index contributed by atoms with van der Waals surface area (Å²) >= 11 is 7.21. The van der Waals surface area contributed by atoms with E-state index in [1.165, 1.54) is 11.8 Å². The normalized spacial score (nSPS) is 11.7. The van der Waals surface area contributed by atoms with Crippen molar-refractivity contribution < 1.29 is 4.79 Å². The highest BCUT2D eigenvalue weighted by Crippen LogP contribution is 2.23. The summed E-state index contributed by atoms with van der Waals surface area (Å²) < 4.78 is 0. The van der Waals surface area contributed by atoms with Crippen LogP contribution in [0.5, 0.6) is 0 Å². The summed E-state index contributed by atoms with van der Waals surface area (Å²) in [6.07, 6.45) is 0.762. The number of anilines is 1. The van der Waals surface area contributed by atoms with E-state index in [1.54, 1.807) is 25.1 Å². The van der Waals surface area contributed by atoms with E-state index in [0.717, 1.165) is 12.2 Å². The highest BCUT2D eigenvalue weighted by atomic mass is 35.5. The van der Waals surface area contributed by atoms with Crippen LogP contribution in [0, 0.1) is 11.3 Å². The molecule has 0 bridgehead atoms. The van der Waals surface area contributed by atoms with Gasteiger partial charge in [-0.2, -0.15) is 5.26 Å². The molecule has 0 aliphatic rings. The summed E-state index contributed by atoms with van der Waals surface area (Å²) in [7, 11) is 0. The first-order valence-electron chi connectivity index (χ1n) is 6.62. The van der Waals surface area contributed by atoms with Gasteiger partial charge in [-0.05, 0) is 25.1 Å². The lowest BCUT2D eigenvalue weighted by Gasteiger charge is -2.10. The maximum Gasteiger partial charge on any atom is 0.237 e. The van der Waals surface area contributed by atoms with Crippen molar-refractivity contribution in [2.24, 2.45) is 0 Å². The second-order valence-electron chi connectivity index (χ2n) is 4.47. The minimum Gasteiger partial charge on any atom is -0.325 e. The number of nitrogens with one attached hydrogen (secondary N) is 2. The number of nitrogens with zero attached hydrogens (tertiary/aromatic N) is 3. The molecule has 1 aromatic carbocycles. The quantitative estimate of drug-likeness (QED) is 0.819. The monoisotopic (exact) mass is 335 g/mol. The van der Waals surface area contributed by atoms with Crippen molar-refractivity contribution in [1.82, 2.24) is 15.2 Å². The van der Waals surface area contributed by atoms with Gasteiger partial charge in [0.2, 0.25) is 11.1 Å². The Morgan fingerprint density at radius 1 is 1.59 bits per heavy atom. The molecule has 0 unspecified atom stereocenters. The number of aromatic nitrogens is 3. The first kappa shape index (κ1) is 16.3. The van der Waals surface area contributed by atoms with Crippen molar-refractivity contribution in [2.45, 2.75) is 30.7 Å². The van der Waals surface area contributed by atoms with Gasteiger partial charge in [0.1, 0.15) is 11.9 Å². The largest absolute Gasteiger partial charge is 0.325 e.